The van der Waals surface area contributed by atoms with Crippen LogP contribution in [0.3, 0.4) is 0 Å². The van der Waals surface area contributed by atoms with Crippen molar-refractivity contribution in [3.05, 3.63) is 24.3 Å². The van der Waals surface area contributed by atoms with Gasteiger partial charge in [0.2, 0.25) is 0 Å². The van der Waals surface area contributed by atoms with Crippen LogP contribution in [0.2, 0.25) is 0 Å². The van der Waals surface area contributed by atoms with Gasteiger partial charge < -0.3 is 5.73 Å². The van der Waals surface area contributed by atoms with Gasteiger partial charge in [-0.3, -0.25) is 4.99 Å². The molecule has 0 amide bonds. The van der Waals surface area contributed by atoms with Crippen molar-refractivity contribution in [1.29, 1.82) is 0 Å². The number of benzene rings is 1. The van der Waals surface area contributed by atoms with Gasteiger partial charge in [0.1, 0.15) is 0 Å². The van der Waals surface area contributed by atoms with Crippen LogP contribution in [0.25, 0.3) is 0 Å². The normalized spacial score (nSPS) is 11.5. The van der Waals surface area contributed by atoms with Crippen LogP contribution >= 0.6 is 0 Å². The number of anilines is 1. The van der Waals surface area contributed by atoms with Gasteiger partial charge in [0.15, 0.2) is 0 Å². The zero-order chi connectivity index (χ0) is 9.52. The second-order valence-electron chi connectivity index (χ2n) is 2.46. The van der Waals surface area contributed by atoms with Gasteiger partial charge in [-0.2, -0.15) is 10.2 Å². The summed E-state index contributed by atoms with van der Waals surface area (Å²) in [6.45, 7) is 0.505. The Balaban J connectivity index is 2.58. The molecule has 1 rings (SSSR count). The quantitative estimate of drug-likeness (QED) is 0.427. The van der Waals surface area contributed by atoms with Gasteiger partial charge in [-0.05, 0) is 18.2 Å². The molecule has 0 spiro atoms. The Kier molecular flexibility index (Phi) is 3.63. The average molecular weight is 176 g/mol. The predicted octanol–water partition coefficient (Wildman–Crippen LogP) is 2.05. The molecule has 0 heterocycles. The Labute approximate surface area is 77.2 Å². The molecule has 0 aromatic heterocycles. The second kappa shape index (κ2) is 5.03. The number of nitrogens with two attached hydrogens (primary N) is 1. The highest BCUT2D eigenvalue weighted by atomic mass is 15.1. The number of hydrogen-bond acceptors (Lipinski definition) is 4. The van der Waals surface area contributed by atoms with E-state index in [-0.39, 0.29) is 0 Å². The molecule has 4 heteroatoms. The third-order valence-electron chi connectivity index (χ3n) is 1.40. The lowest BCUT2D eigenvalue weighted by molar-refractivity contribution is 1.11. The number of rotatable bonds is 3. The molecular formula is C9H12N4. The second-order valence-corrected chi connectivity index (χ2v) is 2.46. The SMILES string of the molecule is CN=CCN=Nc1cccc(N)c1. The molecule has 0 bridgehead atoms. The highest BCUT2D eigenvalue weighted by molar-refractivity contribution is 5.59. The first-order valence-electron chi connectivity index (χ1n) is 3.96. The lowest BCUT2D eigenvalue weighted by Gasteiger charge is -1.92. The minimum Gasteiger partial charge on any atom is -0.399 e. The summed E-state index contributed by atoms with van der Waals surface area (Å²) in [4.78, 5) is 3.78. The lowest BCUT2D eigenvalue weighted by atomic mass is 10.3. The standard InChI is InChI=1S/C9H12N4/c1-11-5-6-12-13-9-4-2-3-8(10)7-9/h2-5,7H,6,10H2,1H3. The van der Waals surface area contributed by atoms with Crippen LogP contribution in [-0.2, 0) is 0 Å². The zero-order valence-electron chi connectivity index (χ0n) is 7.51. The van der Waals surface area contributed by atoms with Crippen molar-refractivity contribution >= 4 is 17.6 Å². The topological polar surface area (TPSA) is 63.1 Å². The summed E-state index contributed by atoms with van der Waals surface area (Å²) >= 11 is 0. The molecule has 0 aliphatic rings. The Hall–Kier alpha value is -1.71. The van der Waals surface area contributed by atoms with Crippen LogP contribution in [0.15, 0.2) is 39.5 Å². The van der Waals surface area contributed by atoms with Gasteiger partial charge in [-0.25, -0.2) is 0 Å². The zero-order valence-corrected chi connectivity index (χ0v) is 7.51. The van der Waals surface area contributed by atoms with E-state index in [1.165, 1.54) is 0 Å². The summed E-state index contributed by atoms with van der Waals surface area (Å²) in [5.74, 6) is 0. The molecule has 13 heavy (non-hydrogen) atoms. The molecule has 0 aliphatic carbocycles. The van der Waals surface area contributed by atoms with Crippen molar-refractivity contribution in [3.63, 3.8) is 0 Å². The van der Waals surface area contributed by atoms with Gasteiger partial charge in [0.05, 0.1) is 12.2 Å². The van der Waals surface area contributed by atoms with E-state index in [0.717, 1.165) is 5.69 Å². The van der Waals surface area contributed by atoms with Gasteiger partial charge >= 0.3 is 0 Å². The van der Waals surface area contributed by atoms with E-state index >= 15 is 0 Å². The van der Waals surface area contributed by atoms with Crippen LogP contribution in [0.5, 0.6) is 0 Å². The summed E-state index contributed by atoms with van der Waals surface area (Å²) in [5.41, 5.74) is 7.02. The molecule has 0 fully saturated rings. The van der Waals surface area contributed by atoms with E-state index in [2.05, 4.69) is 15.2 Å². The number of nitrogen functional groups attached to an aromatic ring is 1. The van der Waals surface area contributed by atoms with E-state index in [4.69, 9.17) is 5.73 Å². The summed E-state index contributed by atoms with van der Waals surface area (Å²) < 4.78 is 0. The van der Waals surface area contributed by atoms with Crippen molar-refractivity contribution in [1.82, 2.24) is 0 Å². The number of hydrogen-bond donors (Lipinski definition) is 1. The van der Waals surface area contributed by atoms with Crippen LogP contribution in [-0.4, -0.2) is 19.8 Å². The monoisotopic (exact) mass is 176 g/mol. The number of azo groups is 1. The summed E-state index contributed by atoms with van der Waals surface area (Å²) in [6.07, 6.45) is 1.69. The highest BCUT2D eigenvalue weighted by Gasteiger charge is 1.88. The summed E-state index contributed by atoms with van der Waals surface area (Å²) in [7, 11) is 1.70. The van der Waals surface area contributed by atoms with Crippen LogP contribution in [0.4, 0.5) is 11.4 Å². The molecule has 0 radical (unpaired) electrons. The van der Waals surface area contributed by atoms with E-state index in [1.54, 1.807) is 19.3 Å². The first kappa shape index (κ1) is 9.38. The van der Waals surface area contributed by atoms with Crippen LogP contribution in [0, 0.1) is 0 Å². The lowest BCUT2D eigenvalue weighted by Crippen LogP contribution is -1.82. The Morgan fingerprint density at radius 1 is 1.46 bits per heavy atom. The molecule has 0 saturated heterocycles. The van der Waals surface area contributed by atoms with Gasteiger partial charge in [0.25, 0.3) is 0 Å². The van der Waals surface area contributed by atoms with E-state index in [0.29, 0.717) is 12.2 Å². The van der Waals surface area contributed by atoms with E-state index in [1.807, 2.05) is 18.2 Å². The van der Waals surface area contributed by atoms with E-state index < -0.39 is 0 Å². The van der Waals surface area contributed by atoms with Gasteiger partial charge in [0, 0.05) is 18.9 Å². The smallest absolute Gasteiger partial charge is 0.0951 e. The minimum atomic E-state index is 0.505. The van der Waals surface area contributed by atoms with Crippen LogP contribution < -0.4 is 5.73 Å². The molecule has 2 N–H and O–H groups in total. The minimum absolute atomic E-state index is 0.505. The summed E-state index contributed by atoms with van der Waals surface area (Å²) in [5, 5.41) is 7.85. The molecular weight excluding hydrogens is 164 g/mol. The van der Waals surface area contributed by atoms with Gasteiger partial charge in [-0.1, -0.05) is 6.07 Å². The molecule has 4 nitrogen and oxygen atoms in total. The fourth-order valence-corrected chi connectivity index (χ4v) is 0.828. The third kappa shape index (κ3) is 3.46. The van der Waals surface area contributed by atoms with Crippen molar-refractivity contribution in [2.75, 3.05) is 19.3 Å². The maximum atomic E-state index is 5.56. The van der Waals surface area contributed by atoms with E-state index in [9.17, 15) is 0 Å². The largest absolute Gasteiger partial charge is 0.399 e. The Morgan fingerprint density at radius 3 is 3.00 bits per heavy atom. The third-order valence-corrected chi connectivity index (χ3v) is 1.40. The maximum Gasteiger partial charge on any atom is 0.0951 e. The van der Waals surface area contributed by atoms with Crippen molar-refractivity contribution in [3.8, 4) is 0 Å². The molecule has 1 aromatic rings. The first-order valence-corrected chi connectivity index (χ1v) is 3.96. The molecule has 0 unspecified atom stereocenters. The molecule has 0 aliphatic heterocycles. The molecule has 0 saturated carbocycles. The van der Waals surface area contributed by atoms with Crippen molar-refractivity contribution in [2.24, 2.45) is 15.2 Å². The van der Waals surface area contributed by atoms with Crippen molar-refractivity contribution in [2.45, 2.75) is 0 Å². The Morgan fingerprint density at radius 2 is 2.31 bits per heavy atom. The first-order chi connectivity index (χ1) is 6.33. The average Bonchev–Trinajstić information content (AvgIpc) is 2.13. The van der Waals surface area contributed by atoms with Gasteiger partial charge in [-0.15, -0.1) is 0 Å². The predicted molar refractivity (Wildman–Crippen MR) is 54.7 cm³/mol. The fourth-order valence-electron chi connectivity index (χ4n) is 0.828. The number of nitrogens with zero attached hydrogens (tertiary/aromatic N) is 3. The molecule has 1 aromatic carbocycles. The highest BCUT2D eigenvalue weighted by Crippen LogP contribution is 2.15. The van der Waals surface area contributed by atoms with Crippen molar-refractivity contribution < 1.29 is 0 Å². The fraction of sp³-hybridized carbons (Fsp3) is 0.222. The van der Waals surface area contributed by atoms with Crippen LogP contribution in [0.1, 0.15) is 0 Å². The summed E-state index contributed by atoms with van der Waals surface area (Å²) in [6, 6.07) is 7.28. The number of aliphatic imine (C=N–C) groups is 1. The molecule has 0 atom stereocenters. The maximum absolute atomic E-state index is 5.56. The molecule has 68 valence electrons. The Bertz CT molecular complexity index is 317.